The highest BCUT2D eigenvalue weighted by Crippen LogP contribution is 2.06. The van der Waals surface area contributed by atoms with E-state index in [-0.39, 0.29) is 18.4 Å². The molecule has 0 heterocycles. The summed E-state index contributed by atoms with van der Waals surface area (Å²) in [5.74, 6) is -1.06. The standard InChI is InChI=1S/C17H24FN3O4/c1-17(2,3)25-16(24)21-11-14(22)19-9-4-10-20-15(23)12-5-7-13(18)8-6-12/h5-8H,4,9-11H2,1-3H3,(H,19,22)(H,20,23)(H,21,24). The van der Waals surface area contributed by atoms with Gasteiger partial charge < -0.3 is 20.7 Å². The quantitative estimate of drug-likeness (QED) is 0.649. The van der Waals surface area contributed by atoms with E-state index in [4.69, 9.17) is 4.74 Å². The summed E-state index contributed by atoms with van der Waals surface area (Å²) in [5, 5.41) is 7.63. The second-order valence-corrected chi connectivity index (χ2v) is 6.32. The number of rotatable bonds is 7. The molecule has 1 aromatic rings. The van der Waals surface area contributed by atoms with Gasteiger partial charge in [0.2, 0.25) is 5.91 Å². The van der Waals surface area contributed by atoms with Gasteiger partial charge in [0.05, 0.1) is 6.54 Å². The van der Waals surface area contributed by atoms with Crippen molar-refractivity contribution in [3.05, 3.63) is 35.6 Å². The van der Waals surface area contributed by atoms with Crippen LogP contribution < -0.4 is 16.0 Å². The van der Waals surface area contributed by atoms with Crippen LogP contribution in [-0.2, 0) is 9.53 Å². The highest BCUT2D eigenvalue weighted by atomic mass is 19.1. The lowest BCUT2D eigenvalue weighted by Gasteiger charge is -2.19. The largest absolute Gasteiger partial charge is 0.444 e. The number of halogens is 1. The normalized spacial score (nSPS) is 10.7. The fraction of sp³-hybridized carbons (Fsp3) is 0.471. The lowest BCUT2D eigenvalue weighted by molar-refractivity contribution is -0.120. The molecule has 0 unspecified atom stereocenters. The first-order valence-electron chi connectivity index (χ1n) is 7.95. The van der Waals surface area contributed by atoms with Crippen LogP contribution in [0.2, 0.25) is 0 Å². The number of benzene rings is 1. The summed E-state index contributed by atoms with van der Waals surface area (Å²) in [6.07, 6.45) is -0.139. The van der Waals surface area contributed by atoms with Crippen molar-refractivity contribution < 1.29 is 23.5 Å². The Morgan fingerprint density at radius 1 is 1.00 bits per heavy atom. The molecule has 0 aliphatic rings. The average molecular weight is 353 g/mol. The summed E-state index contributed by atoms with van der Waals surface area (Å²) >= 11 is 0. The molecule has 3 N–H and O–H groups in total. The molecule has 25 heavy (non-hydrogen) atoms. The highest BCUT2D eigenvalue weighted by Gasteiger charge is 2.16. The van der Waals surface area contributed by atoms with E-state index in [2.05, 4.69) is 16.0 Å². The predicted octanol–water partition coefficient (Wildman–Crippen LogP) is 1.59. The molecule has 0 atom stereocenters. The smallest absolute Gasteiger partial charge is 0.408 e. The van der Waals surface area contributed by atoms with E-state index in [9.17, 15) is 18.8 Å². The molecule has 0 aliphatic carbocycles. The minimum atomic E-state index is -0.658. The number of carbonyl (C=O) groups excluding carboxylic acids is 3. The molecule has 0 aliphatic heterocycles. The Bertz CT molecular complexity index is 597. The molecule has 8 heteroatoms. The molecule has 0 saturated heterocycles. The van der Waals surface area contributed by atoms with Gasteiger partial charge in [-0.25, -0.2) is 9.18 Å². The maximum absolute atomic E-state index is 12.8. The van der Waals surface area contributed by atoms with Crippen molar-refractivity contribution >= 4 is 17.9 Å². The van der Waals surface area contributed by atoms with Gasteiger partial charge >= 0.3 is 6.09 Å². The molecule has 1 aromatic carbocycles. The molecule has 0 fully saturated rings. The van der Waals surface area contributed by atoms with E-state index >= 15 is 0 Å². The first kappa shape index (κ1) is 20.4. The van der Waals surface area contributed by atoms with Crippen LogP contribution in [-0.4, -0.2) is 43.1 Å². The molecule has 1 rings (SSSR count). The summed E-state index contributed by atoms with van der Waals surface area (Å²) in [6, 6.07) is 5.23. The van der Waals surface area contributed by atoms with Crippen molar-refractivity contribution in [3.8, 4) is 0 Å². The SMILES string of the molecule is CC(C)(C)OC(=O)NCC(=O)NCCCNC(=O)c1ccc(F)cc1. The minimum Gasteiger partial charge on any atom is -0.444 e. The zero-order valence-electron chi connectivity index (χ0n) is 14.6. The molecule has 138 valence electrons. The summed E-state index contributed by atoms with van der Waals surface area (Å²) in [6.45, 7) is 5.71. The third-order valence-corrected chi connectivity index (χ3v) is 2.86. The van der Waals surface area contributed by atoms with Gasteiger partial charge in [-0.2, -0.15) is 0 Å². The van der Waals surface area contributed by atoms with Crippen molar-refractivity contribution in [2.24, 2.45) is 0 Å². The summed E-state index contributed by atoms with van der Waals surface area (Å²) in [7, 11) is 0. The Hall–Kier alpha value is -2.64. The highest BCUT2D eigenvalue weighted by molar-refractivity contribution is 5.94. The van der Waals surface area contributed by atoms with E-state index in [1.54, 1.807) is 20.8 Å². The summed E-state index contributed by atoms with van der Waals surface area (Å²) < 4.78 is 17.8. The predicted molar refractivity (Wildman–Crippen MR) is 90.6 cm³/mol. The Morgan fingerprint density at radius 2 is 1.60 bits per heavy atom. The van der Waals surface area contributed by atoms with Crippen molar-refractivity contribution in [1.29, 1.82) is 0 Å². The lowest BCUT2D eigenvalue weighted by Crippen LogP contribution is -2.40. The van der Waals surface area contributed by atoms with Gasteiger partial charge in [-0.05, 0) is 51.5 Å². The topological polar surface area (TPSA) is 96.5 Å². The van der Waals surface area contributed by atoms with Crippen LogP contribution in [0.25, 0.3) is 0 Å². The zero-order chi connectivity index (χ0) is 18.9. The Morgan fingerprint density at radius 3 is 2.20 bits per heavy atom. The number of hydrogen-bond donors (Lipinski definition) is 3. The second-order valence-electron chi connectivity index (χ2n) is 6.32. The van der Waals surface area contributed by atoms with Crippen LogP contribution in [0.1, 0.15) is 37.6 Å². The number of ether oxygens (including phenoxy) is 1. The molecular weight excluding hydrogens is 329 g/mol. The van der Waals surface area contributed by atoms with Crippen LogP contribution in [0.3, 0.4) is 0 Å². The van der Waals surface area contributed by atoms with Crippen molar-refractivity contribution in [2.75, 3.05) is 19.6 Å². The summed E-state index contributed by atoms with van der Waals surface area (Å²) in [5.41, 5.74) is -0.254. The van der Waals surface area contributed by atoms with Crippen LogP contribution in [0.5, 0.6) is 0 Å². The van der Waals surface area contributed by atoms with Crippen LogP contribution in [0.4, 0.5) is 9.18 Å². The van der Waals surface area contributed by atoms with Gasteiger partial charge in [0.15, 0.2) is 0 Å². The van der Waals surface area contributed by atoms with Gasteiger partial charge in [0.1, 0.15) is 11.4 Å². The van der Waals surface area contributed by atoms with E-state index in [1.165, 1.54) is 24.3 Å². The molecule has 0 bridgehead atoms. The van der Waals surface area contributed by atoms with E-state index < -0.39 is 17.5 Å². The molecule has 0 radical (unpaired) electrons. The Kier molecular flexibility index (Phi) is 7.84. The number of alkyl carbamates (subject to hydrolysis) is 1. The average Bonchev–Trinajstić information content (AvgIpc) is 2.51. The van der Waals surface area contributed by atoms with Crippen LogP contribution in [0.15, 0.2) is 24.3 Å². The van der Waals surface area contributed by atoms with Gasteiger partial charge in [-0.1, -0.05) is 0 Å². The van der Waals surface area contributed by atoms with Gasteiger partial charge in [-0.3, -0.25) is 9.59 Å². The first-order chi connectivity index (χ1) is 11.7. The molecule has 7 nitrogen and oxygen atoms in total. The van der Waals surface area contributed by atoms with Crippen LogP contribution >= 0.6 is 0 Å². The zero-order valence-corrected chi connectivity index (χ0v) is 14.6. The maximum Gasteiger partial charge on any atom is 0.408 e. The lowest BCUT2D eigenvalue weighted by atomic mass is 10.2. The molecule has 3 amide bonds. The third kappa shape index (κ3) is 9.29. The fourth-order valence-corrected chi connectivity index (χ4v) is 1.75. The molecule has 0 spiro atoms. The molecule has 0 saturated carbocycles. The number of nitrogens with one attached hydrogen (secondary N) is 3. The van der Waals surface area contributed by atoms with Crippen molar-refractivity contribution in [2.45, 2.75) is 32.8 Å². The van der Waals surface area contributed by atoms with Crippen LogP contribution in [0, 0.1) is 5.82 Å². The van der Waals surface area contributed by atoms with Gasteiger partial charge in [-0.15, -0.1) is 0 Å². The molecular formula is C17H24FN3O4. The maximum atomic E-state index is 12.8. The van der Waals surface area contributed by atoms with E-state index in [0.717, 1.165) is 0 Å². The monoisotopic (exact) mass is 353 g/mol. The van der Waals surface area contributed by atoms with Crippen molar-refractivity contribution in [1.82, 2.24) is 16.0 Å². The van der Waals surface area contributed by atoms with E-state index in [0.29, 0.717) is 25.1 Å². The summed E-state index contributed by atoms with van der Waals surface area (Å²) in [4.78, 5) is 34.7. The first-order valence-corrected chi connectivity index (χ1v) is 7.95. The minimum absolute atomic E-state index is 0.184. The molecule has 0 aromatic heterocycles. The fourth-order valence-electron chi connectivity index (χ4n) is 1.75. The van der Waals surface area contributed by atoms with Gasteiger partial charge in [0, 0.05) is 18.7 Å². The number of amides is 3. The van der Waals surface area contributed by atoms with Gasteiger partial charge in [0.25, 0.3) is 5.91 Å². The number of hydrogen-bond acceptors (Lipinski definition) is 4. The Balaban J connectivity index is 2.12. The third-order valence-electron chi connectivity index (χ3n) is 2.86. The van der Waals surface area contributed by atoms with E-state index in [1.807, 2.05) is 0 Å². The second kappa shape index (κ2) is 9.61. The Labute approximate surface area is 146 Å². The number of carbonyl (C=O) groups is 3. The van der Waals surface area contributed by atoms with Crippen molar-refractivity contribution in [3.63, 3.8) is 0 Å².